The summed E-state index contributed by atoms with van der Waals surface area (Å²) in [7, 11) is 1.36. The van der Waals surface area contributed by atoms with E-state index in [1.165, 1.54) is 7.11 Å². The lowest BCUT2D eigenvalue weighted by Gasteiger charge is -2.18. The second kappa shape index (κ2) is 7.04. The molecule has 1 aromatic heterocycles. The molecule has 21 heavy (non-hydrogen) atoms. The Morgan fingerprint density at radius 3 is 2.86 bits per heavy atom. The molecule has 0 aliphatic heterocycles. The summed E-state index contributed by atoms with van der Waals surface area (Å²) in [6, 6.07) is 9.54. The maximum Gasteiger partial charge on any atom is 0.311 e. The molecule has 0 amide bonds. The number of carbonyl (C=O) groups is 1. The fraction of sp³-hybridized carbons (Fsp3) is 0.375. The van der Waals surface area contributed by atoms with Gasteiger partial charge in [0.1, 0.15) is 0 Å². The molecule has 1 atom stereocenters. The van der Waals surface area contributed by atoms with Crippen molar-refractivity contribution in [2.75, 3.05) is 19.0 Å². The molecule has 0 aliphatic rings. The number of nitrogens with one attached hydrogen (secondary N) is 1. The van der Waals surface area contributed by atoms with Gasteiger partial charge in [0.25, 0.3) is 0 Å². The Morgan fingerprint density at radius 2 is 2.19 bits per heavy atom. The predicted molar refractivity (Wildman–Crippen MR) is 82.3 cm³/mol. The van der Waals surface area contributed by atoms with E-state index < -0.39 is 0 Å². The molecule has 1 heterocycles. The van der Waals surface area contributed by atoms with Crippen LogP contribution in [0.1, 0.15) is 19.0 Å². The topological polar surface area (TPSA) is 71.5 Å². The van der Waals surface area contributed by atoms with Crippen LogP contribution in [-0.2, 0) is 16.0 Å². The number of esters is 1. The zero-order valence-corrected chi connectivity index (χ0v) is 12.3. The first-order valence-electron chi connectivity index (χ1n) is 7.00. The maximum atomic E-state index is 11.4. The number of aliphatic hydroxyl groups is 1. The fourth-order valence-corrected chi connectivity index (χ4v) is 2.16. The van der Waals surface area contributed by atoms with Crippen molar-refractivity contribution in [3.63, 3.8) is 0 Å². The van der Waals surface area contributed by atoms with E-state index in [-0.39, 0.29) is 25.0 Å². The molecule has 0 saturated heterocycles. The summed E-state index contributed by atoms with van der Waals surface area (Å²) in [5.74, 6) is -0.321. The van der Waals surface area contributed by atoms with Gasteiger partial charge in [0.15, 0.2) is 0 Å². The number of carbonyl (C=O) groups excluding carboxylic acids is 1. The predicted octanol–water partition coefficient (Wildman–Crippen LogP) is 2.13. The van der Waals surface area contributed by atoms with E-state index in [2.05, 4.69) is 10.3 Å². The lowest BCUT2D eigenvalue weighted by molar-refractivity contribution is -0.139. The highest BCUT2D eigenvalue weighted by molar-refractivity contribution is 5.92. The van der Waals surface area contributed by atoms with E-state index >= 15 is 0 Å². The highest BCUT2D eigenvalue weighted by Gasteiger charge is 2.12. The second-order valence-corrected chi connectivity index (χ2v) is 4.86. The molecule has 5 heteroatoms. The summed E-state index contributed by atoms with van der Waals surface area (Å²) in [6.45, 7) is 2.06. The van der Waals surface area contributed by atoms with Crippen molar-refractivity contribution in [2.45, 2.75) is 25.8 Å². The minimum Gasteiger partial charge on any atom is -0.469 e. The number of benzene rings is 1. The zero-order valence-electron chi connectivity index (χ0n) is 12.3. The van der Waals surface area contributed by atoms with Gasteiger partial charge in [0.05, 0.1) is 31.3 Å². The molecule has 2 aromatic rings. The summed E-state index contributed by atoms with van der Waals surface area (Å²) in [5, 5.41) is 13.6. The summed E-state index contributed by atoms with van der Waals surface area (Å²) < 4.78 is 4.69. The standard InChI is InChI=1S/C16H20N2O3/c1-3-11(10-19)17-15-8-12(9-16(20)21-2)18-14-7-5-4-6-13(14)15/h4-8,11,19H,3,9-10H2,1-2H3,(H,17,18). The van der Waals surface area contributed by atoms with Gasteiger partial charge in [-0.2, -0.15) is 0 Å². The Balaban J connectivity index is 2.42. The molecular formula is C16H20N2O3. The monoisotopic (exact) mass is 288 g/mol. The van der Waals surface area contributed by atoms with E-state index in [4.69, 9.17) is 4.74 Å². The van der Waals surface area contributed by atoms with Crippen LogP contribution in [0, 0.1) is 0 Å². The van der Waals surface area contributed by atoms with E-state index in [1.807, 2.05) is 37.3 Å². The van der Waals surface area contributed by atoms with Gasteiger partial charge < -0.3 is 15.2 Å². The zero-order chi connectivity index (χ0) is 15.2. The van der Waals surface area contributed by atoms with Crippen LogP contribution in [0.5, 0.6) is 0 Å². The molecule has 5 nitrogen and oxygen atoms in total. The number of aromatic nitrogens is 1. The second-order valence-electron chi connectivity index (χ2n) is 4.86. The first-order chi connectivity index (χ1) is 10.2. The minimum absolute atomic E-state index is 0.0261. The summed E-state index contributed by atoms with van der Waals surface area (Å²) in [4.78, 5) is 15.9. The smallest absolute Gasteiger partial charge is 0.311 e. The highest BCUT2D eigenvalue weighted by atomic mass is 16.5. The number of hydrogen-bond acceptors (Lipinski definition) is 5. The van der Waals surface area contributed by atoms with Crippen molar-refractivity contribution in [3.05, 3.63) is 36.0 Å². The Hall–Kier alpha value is -2.14. The number of fused-ring (bicyclic) bond motifs is 1. The summed E-state index contributed by atoms with van der Waals surface area (Å²) >= 11 is 0. The molecule has 1 aromatic carbocycles. The molecule has 0 aliphatic carbocycles. The van der Waals surface area contributed by atoms with Crippen LogP contribution in [0.15, 0.2) is 30.3 Å². The molecule has 2 N–H and O–H groups in total. The number of methoxy groups -OCH3 is 1. The fourth-order valence-electron chi connectivity index (χ4n) is 2.16. The first kappa shape index (κ1) is 15.3. The number of nitrogens with zero attached hydrogens (tertiary/aromatic N) is 1. The number of para-hydroxylation sites is 1. The lowest BCUT2D eigenvalue weighted by atomic mass is 10.1. The van der Waals surface area contributed by atoms with Crippen molar-refractivity contribution in [3.8, 4) is 0 Å². The quantitative estimate of drug-likeness (QED) is 0.797. The Kier molecular flexibility index (Phi) is 5.11. The third-order valence-electron chi connectivity index (χ3n) is 3.40. The SMILES string of the molecule is CCC(CO)Nc1cc(CC(=O)OC)nc2ccccc12. The molecule has 0 bridgehead atoms. The molecule has 2 rings (SSSR count). The van der Waals surface area contributed by atoms with E-state index in [1.54, 1.807) is 0 Å². The molecular weight excluding hydrogens is 268 g/mol. The molecule has 0 fully saturated rings. The first-order valence-corrected chi connectivity index (χ1v) is 7.00. The normalized spacial score (nSPS) is 12.1. The lowest BCUT2D eigenvalue weighted by Crippen LogP contribution is -2.23. The van der Waals surface area contributed by atoms with Gasteiger partial charge in [-0.25, -0.2) is 0 Å². The van der Waals surface area contributed by atoms with Gasteiger partial charge >= 0.3 is 5.97 Å². The van der Waals surface area contributed by atoms with Crippen LogP contribution >= 0.6 is 0 Å². The van der Waals surface area contributed by atoms with Crippen LogP contribution in [0.3, 0.4) is 0 Å². The number of rotatable bonds is 6. The molecule has 0 radical (unpaired) electrons. The van der Waals surface area contributed by atoms with E-state index in [0.29, 0.717) is 5.69 Å². The third-order valence-corrected chi connectivity index (χ3v) is 3.40. The van der Waals surface area contributed by atoms with Crippen molar-refractivity contribution >= 4 is 22.6 Å². The Morgan fingerprint density at radius 1 is 1.43 bits per heavy atom. The van der Waals surface area contributed by atoms with Crippen LogP contribution in [0.4, 0.5) is 5.69 Å². The van der Waals surface area contributed by atoms with Crippen LogP contribution in [-0.4, -0.2) is 35.8 Å². The average Bonchev–Trinajstić information content (AvgIpc) is 2.52. The van der Waals surface area contributed by atoms with Gasteiger partial charge in [0, 0.05) is 17.1 Å². The highest BCUT2D eigenvalue weighted by Crippen LogP contribution is 2.24. The van der Waals surface area contributed by atoms with E-state index in [9.17, 15) is 9.90 Å². The van der Waals surface area contributed by atoms with Crippen molar-refractivity contribution < 1.29 is 14.6 Å². The van der Waals surface area contributed by atoms with Crippen LogP contribution < -0.4 is 5.32 Å². The van der Waals surface area contributed by atoms with Crippen LogP contribution in [0.25, 0.3) is 10.9 Å². The summed E-state index contributed by atoms with van der Waals surface area (Å²) in [6.07, 6.45) is 0.936. The number of anilines is 1. The molecule has 112 valence electrons. The van der Waals surface area contributed by atoms with Gasteiger partial charge in [0.2, 0.25) is 0 Å². The summed E-state index contributed by atoms with van der Waals surface area (Å²) in [5.41, 5.74) is 2.34. The number of hydrogen-bond donors (Lipinski definition) is 2. The average molecular weight is 288 g/mol. The maximum absolute atomic E-state index is 11.4. The van der Waals surface area contributed by atoms with E-state index in [0.717, 1.165) is 23.0 Å². The van der Waals surface area contributed by atoms with Gasteiger partial charge in [-0.3, -0.25) is 9.78 Å². The van der Waals surface area contributed by atoms with Crippen molar-refractivity contribution in [2.24, 2.45) is 0 Å². The van der Waals surface area contributed by atoms with Crippen molar-refractivity contribution in [1.29, 1.82) is 0 Å². The van der Waals surface area contributed by atoms with Crippen molar-refractivity contribution in [1.82, 2.24) is 4.98 Å². The minimum atomic E-state index is -0.321. The third kappa shape index (κ3) is 3.70. The van der Waals surface area contributed by atoms with Gasteiger partial charge in [-0.15, -0.1) is 0 Å². The largest absolute Gasteiger partial charge is 0.469 e. The Labute approximate surface area is 124 Å². The van der Waals surface area contributed by atoms with Gasteiger partial charge in [-0.1, -0.05) is 25.1 Å². The molecule has 0 saturated carbocycles. The van der Waals surface area contributed by atoms with Crippen LogP contribution in [0.2, 0.25) is 0 Å². The number of pyridine rings is 1. The van der Waals surface area contributed by atoms with Gasteiger partial charge in [-0.05, 0) is 18.6 Å². The number of aliphatic hydroxyl groups excluding tert-OH is 1. The molecule has 1 unspecified atom stereocenters. The number of ether oxygens (including phenoxy) is 1. The Bertz CT molecular complexity index is 624. The molecule has 0 spiro atoms.